The number of anilines is 1. The summed E-state index contributed by atoms with van der Waals surface area (Å²) >= 11 is 0. The molecule has 178 valence electrons. The molecule has 2 atom stereocenters. The molecule has 3 heterocycles. The Bertz CT molecular complexity index is 996. The molecule has 9 heteroatoms. The zero-order valence-electron chi connectivity index (χ0n) is 19.3. The highest BCUT2D eigenvalue weighted by Crippen LogP contribution is 2.33. The van der Waals surface area contributed by atoms with Crippen molar-refractivity contribution >= 4 is 5.69 Å². The van der Waals surface area contributed by atoms with Gasteiger partial charge in [0.2, 0.25) is 0 Å². The number of nitrogens with one attached hydrogen (secondary N) is 2. The quantitative estimate of drug-likeness (QED) is 0.637. The standard InChI is InChI=1S/C24H30F3N5O/c1-16-14-30(3)22-10-5-18(15-31(16)22)21-13-29-32(23(21)17(2)33-4)12-11-28-20-8-6-19(7-9-20)24(25,26)27/h5-10,14-15,17,22,28-29H,11-13H2,1-4H3. The van der Waals surface area contributed by atoms with E-state index in [9.17, 15) is 13.2 Å². The van der Waals surface area contributed by atoms with E-state index < -0.39 is 11.7 Å². The lowest BCUT2D eigenvalue weighted by molar-refractivity contribution is -0.137. The van der Waals surface area contributed by atoms with Crippen molar-refractivity contribution in [1.29, 1.82) is 0 Å². The topological polar surface area (TPSA) is 43.0 Å². The molecule has 4 rings (SSSR count). The summed E-state index contributed by atoms with van der Waals surface area (Å²) in [5.41, 5.74) is 8.01. The fraction of sp³-hybridized carbons (Fsp3) is 0.417. The van der Waals surface area contributed by atoms with Crippen LogP contribution in [0.15, 0.2) is 71.4 Å². The molecule has 0 fully saturated rings. The summed E-state index contributed by atoms with van der Waals surface area (Å²) in [7, 11) is 3.76. The van der Waals surface area contributed by atoms with E-state index in [0.717, 1.165) is 23.4 Å². The maximum atomic E-state index is 12.8. The van der Waals surface area contributed by atoms with Crippen LogP contribution in [0.5, 0.6) is 0 Å². The molecule has 0 bridgehead atoms. The first kappa shape index (κ1) is 23.3. The molecule has 3 aliphatic rings. The van der Waals surface area contributed by atoms with Gasteiger partial charge in [-0.2, -0.15) is 13.2 Å². The summed E-state index contributed by atoms with van der Waals surface area (Å²) in [6, 6.07) is 5.09. The number of methoxy groups -OCH3 is 1. The molecule has 0 aromatic heterocycles. The molecule has 1 aromatic rings. The molecule has 33 heavy (non-hydrogen) atoms. The molecule has 0 saturated carbocycles. The van der Waals surface area contributed by atoms with Gasteiger partial charge in [0.25, 0.3) is 0 Å². The Hall–Kier alpha value is -2.91. The predicted octanol–water partition coefficient (Wildman–Crippen LogP) is 4.12. The van der Waals surface area contributed by atoms with Crippen LogP contribution in [0.25, 0.3) is 0 Å². The van der Waals surface area contributed by atoms with Crippen molar-refractivity contribution in [3.8, 4) is 0 Å². The Labute approximate surface area is 192 Å². The van der Waals surface area contributed by atoms with Gasteiger partial charge in [-0.1, -0.05) is 6.08 Å². The van der Waals surface area contributed by atoms with Crippen LogP contribution in [0, 0.1) is 0 Å². The van der Waals surface area contributed by atoms with Gasteiger partial charge >= 0.3 is 6.18 Å². The normalized spacial score (nSPS) is 21.4. The van der Waals surface area contributed by atoms with Gasteiger partial charge in [0.05, 0.1) is 23.9 Å². The van der Waals surface area contributed by atoms with Gasteiger partial charge in [-0.3, -0.25) is 0 Å². The van der Waals surface area contributed by atoms with E-state index in [1.165, 1.54) is 23.4 Å². The number of ether oxygens (including phenoxy) is 1. The fourth-order valence-electron chi connectivity index (χ4n) is 4.44. The average molecular weight is 462 g/mol. The highest BCUT2D eigenvalue weighted by atomic mass is 19.4. The van der Waals surface area contributed by atoms with Gasteiger partial charge in [0.15, 0.2) is 0 Å². The van der Waals surface area contributed by atoms with E-state index in [1.54, 1.807) is 7.11 Å². The lowest BCUT2D eigenvalue weighted by Crippen LogP contribution is -2.38. The van der Waals surface area contributed by atoms with E-state index in [2.05, 4.69) is 64.1 Å². The van der Waals surface area contributed by atoms with E-state index >= 15 is 0 Å². The largest absolute Gasteiger partial charge is 0.416 e. The minimum Gasteiger partial charge on any atom is -0.383 e. The molecule has 2 unspecified atom stereocenters. The van der Waals surface area contributed by atoms with Crippen molar-refractivity contribution < 1.29 is 17.9 Å². The van der Waals surface area contributed by atoms with E-state index in [-0.39, 0.29) is 12.3 Å². The van der Waals surface area contributed by atoms with Crippen molar-refractivity contribution in [2.24, 2.45) is 0 Å². The number of hydrogen-bond donors (Lipinski definition) is 2. The molecule has 1 aromatic carbocycles. The van der Waals surface area contributed by atoms with Crippen LogP contribution in [0.3, 0.4) is 0 Å². The number of benzene rings is 1. The second kappa shape index (κ2) is 9.15. The number of rotatable bonds is 7. The van der Waals surface area contributed by atoms with Crippen molar-refractivity contribution in [3.63, 3.8) is 0 Å². The van der Waals surface area contributed by atoms with Crippen molar-refractivity contribution in [2.45, 2.75) is 32.3 Å². The number of alkyl halides is 3. The summed E-state index contributed by atoms with van der Waals surface area (Å²) in [5, 5.41) is 5.27. The smallest absolute Gasteiger partial charge is 0.383 e. The summed E-state index contributed by atoms with van der Waals surface area (Å²) in [4.78, 5) is 4.44. The van der Waals surface area contributed by atoms with Crippen LogP contribution >= 0.6 is 0 Å². The third-order valence-electron chi connectivity index (χ3n) is 6.24. The highest BCUT2D eigenvalue weighted by Gasteiger charge is 2.32. The first-order valence-corrected chi connectivity index (χ1v) is 11.0. The monoisotopic (exact) mass is 461 g/mol. The van der Waals surface area contributed by atoms with E-state index in [1.807, 2.05) is 6.92 Å². The van der Waals surface area contributed by atoms with Crippen LogP contribution in [-0.4, -0.2) is 60.9 Å². The highest BCUT2D eigenvalue weighted by molar-refractivity contribution is 5.49. The lowest BCUT2D eigenvalue weighted by atomic mass is 10.00. The van der Waals surface area contributed by atoms with Gasteiger partial charge in [-0.05, 0) is 55.3 Å². The summed E-state index contributed by atoms with van der Waals surface area (Å²) in [6.45, 7) is 5.97. The number of likely N-dealkylation sites (N-methyl/N-ethyl adjacent to an activating group) is 1. The maximum absolute atomic E-state index is 12.8. The Morgan fingerprint density at radius 1 is 1.21 bits per heavy atom. The minimum absolute atomic E-state index is 0.119. The third-order valence-corrected chi connectivity index (χ3v) is 6.24. The van der Waals surface area contributed by atoms with Crippen LogP contribution in [0.1, 0.15) is 19.4 Å². The molecule has 0 saturated heterocycles. The van der Waals surface area contributed by atoms with Gasteiger partial charge in [-0.15, -0.1) is 0 Å². The van der Waals surface area contributed by atoms with Gasteiger partial charge in [0, 0.05) is 51.0 Å². The second-order valence-electron chi connectivity index (χ2n) is 8.43. The average Bonchev–Trinajstić information content (AvgIpc) is 3.33. The number of allylic oxidation sites excluding steroid dienone is 2. The zero-order valence-corrected chi connectivity index (χ0v) is 19.3. The van der Waals surface area contributed by atoms with E-state index in [4.69, 9.17) is 4.74 Å². The Morgan fingerprint density at radius 3 is 2.61 bits per heavy atom. The molecular weight excluding hydrogens is 431 g/mol. The molecule has 0 amide bonds. The van der Waals surface area contributed by atoms with Gasteiger partial charge in [-0.25, -0.2) is 5.43 Å². The summed E-state index contributed by atoms with van der Waals surface area (Å²) in [6.07, 6.45) is 4.43. The summed E-state index contributed by atoms with van der Waals surface area (Å²) < 4.78 is 44.0. The van der Waals surface area contributed by atoms with Crippen LogP contribution < -0.4 is 10.7 Å². The first-order chi connectivity index (χ1) is 15.7. The maximum Gasteiger partial charge on any atom is 0.416 e. The van der Waals surface area contributed by atoms with Crippen LogP contribution in [-0.2, 0) is 10.9 Å². The zero-order chi connectivity index (χ0) is 23.8. The molecule has 3 aliphatic heterocycles. The SMILES string of the molecule is COC(C)C1=C(C2=CN3C(C)=CN(C)C3C=C2)CNN1CCNc1ccc(C(F)(F)F)cc1. The van der Waals surface area contributed by atoms with Crippen molar-refractivity contribution in [1.82, 2.24) is 20.2 Å². The second-order valence-corrected chi connectivity index (χ2v) is 8.43. The molecule has 2 N–H and O–H groups in total. The lowest BCUT2D eigenvalue weighted by Gasteiger charge is -2.31. The molecular formula is C24H30F3N5O. The number of hydrazine groups is 1. The fourth-order valence-corrected chi connectivity index (χ4v) is 4.44. The van der Waals surface area contributed by atoms with Crippen molar-refractivity contribution in [2.75, 3.05) is 39.1 Å². The number of halogens is 3. The number of hydrogen-bond acceptors (Lipinski definition) is 6. The third kappa shape index (κ3) is 4.74. The van der Waals surface area contributed by atoms with Crippen LogP contribution in [0.2, 0.25) is 0 Å². The number of nitrogens with zero attached hydrogens (tertiary/aromatic N) is 3. The van der Waals surface area contributed by atoms with E-state index in [0.29, 0.717) is 25.3 Å². The summed E-state index contributed by atoms with van der Waals surface area (Å²) in [5.74, 6) is 0. The first-order valence-electron chi connectivity index (χ1n) is 11.0. The Morgan fingerprint density at radius 2 is 1.94 bits per heavy atom. The molecule has 6 nitrogen and oxygen atoms in total. The molecule has 0 aliphatic carbocycles. The predicted molar refractivity (Wildman–Crippen MR) is 123 cm³/mol. The van der Waals surface area contributed by atoms with Crippen molar-refractivity contribution in [3.05, 3.63) is 76.9 Å². The minimum atomic E-state index is -4.33. The van der Waals surface area contributed by atoms with Gasteiger partial charge < -0.3 is 24.9 Å². The Balaban J connectivity index is 1.46. The van der Waals surface area contributed by atoms with Crippen LogP contribution in [0.4, 0.5) is 18.9 Å². The molecule has 0 spiro atoms. The molecule has 0 radical (unpaired) electrons. The Kier molecular flexibility index (Phi) is 6.45. The number of fused-ring (bicyclic) bond motifs is 1. The van der Waals surface area contributed by atoms with Gasteiger partial charge in [0.1, 0.15) is 6.17 Å².